The van der Waals surface area contributed by atoms with Crippen LogP contribution in [0.2, 0.25) is 0 Å². The lowest BCUT2D eigenvalue weighted by Crippen LogP contribution is -2.33. The molecule has 0 radical (unpaired) electrons. The molecule has 0 aliphatic heterocycles. The molecule has 6 nitrogen and oxygen atoms in total. The van der Waals surface area contributed by atoms with E-state index < -0.39 is 0 Å². The van der Waals surface area contributed by atoms with Crippen molar-refractivity contribution in [2.24, 2.45) is 0 Å². The van der Waals surface area contributed by atoms with E-state index in [2.05, 4.69) is 12.2 Å². The van der Waals surface area contributed by atoms with E-state index >= 15 is 0 Å². The number of hydrogen-bond donors (Lipinski definition) is 1. The Morgan fingerprint density at radius 3 is 2.05 bits per heavy atom. The van der Waals surface area contributed by atoms with Gasteiger partial charge in [0.25, 0.3) is 0 Å². The fourth-order valence-corrected chi connectivity index (χ4v) is 1.40. The maximum atomic E-state index is 5.66. The molecule has 0 aliphatic rings. The van der Waals surface area contributed by atoms with Gasteiger partial charge in [-0.25, -0.2) is 0 Å². The lowest BCUT2D eigenvalue weighted by atomic mass is 10.3. The van der Waals surface area contributed by atoms with Crippen molar-refractivity contribution >= 4 is 0 Å². The number of methoxy groups -OCH3 is 2. The van der Waals surface area contributed by atoms with Gasteiger partial charge in [-0.2, -0.15) is 0 Å². The van der Waals surface area contributed by atoms with Crippen LogP contribution in [0.5, 0.6) is 0 Å². The zero-order valence-corrected chi connectivity index (χ0v) is 12.5. The number of nitrogens with one attached hydrogen (secondary N) is 1. The number of hydrogen-bond acceptors (Lipinski definition) is 6. The fourth-order valence-electron chi connectivity index (χ4n) is 1.40. The lowest BCUT2D eigenvalue weighted by molar-refractivity contribution is -0.0367. The molecule has 0 heterocycles. The summed E-state index contributed by atoms with van der Waals surface area (Å²) in [6.45, 7) is 7.91. The molecule has 0 aliphatic carbocycles. The van der Waals surface area contributed by atoms with Crippen LogP contribution in [0.1, 0.15) is 6.92 Å². The second-order valence-corrected chi connectivity index (χ2v) is 3.97. The van der Waals surface area contributed by atoms with Gasteiger partial charge in [-0.05, 0) is 6.54 Å². The molecule has 0 aromatic rings. The van der Waals surface area contributed by atoms with Crippen molar-refractivity contribution in [1.29, 1.82) is 0 Å². The summed E-state index contributed by atoms with van der Waals surface area (Å²) in [7, 11) is 3.33. The van der Waals surface area contributed by atoms with Gasteiger partial charge in [0.1, 0.15) is 0 Å². The maximum absolute atomic E-state index is 5.66. The zero-order chi connectivity index (χ0) is 14.2. The van der Waals surface area contributed by atoms with E-state index in [4.69, 9.17) is 23.7 Å². The van der Waals surface area contributed by atoms with Crippen LogP contribution in [0, 0.1) is 0 Å². The molecule has 1 atom stereocenters. The summed E-state index contributed by atoms with van der Waals surface area (Å²) in [4.78, 5) is 0. The van der Waals surface area contributed by atoms with Crippen molar-refractivity contribution in [3.63, 3.8) is 0 Å². The van der Waals surface area contributed by atoms with E-state index in [1.165, 1.54) is 0 Å². The Balaban J connectivity index is 3.29. The third-order valence-electron chi connectivity index (χ3n) is 2.36. The summed E-state index contributed by atoms with van der Waals surface area (Å²) in [5, 5.41) is 3.24. The van der Waals surface area contributed by atoms with E-state index in [0.717, 1.165) is 13.1 Å². The standard InChI is InChI=1S/C13H29NO5/c1-4-14-11-13(12-16-3)19-10-9-18-8-7-17-6-5-15-2/h13-14H,4-12H2,1-3H3. The highest BCUT2D eigenvalue weighted by molar-refractivity contribution is 4.59. The summed E-state index contributed by atoms with van der Waals surface area (Å²) >= 11 is 0. The Labute approximate surface area is 116 Å². The first-order chi connectivity index (χ1) is 9.35. The van der Waals surface area contributed by atoms with Crippen LogP contribution in [0.3, 0.4) is 0 Å². The number of likely N-dealkylation sites (N-methyl/N-ethyl adjacent to an activating group) is 1. The van der Waals surface area contributed by atoms with E-state index in [-0.39, 0.29) is 6.10 Å². The van der Waals surface area contributed by atoms with Crippen molar-refractivity contribution in [3.8, 4) is 0 Å². The van der Waals surface area contributed by atoms with Crippen LogP contribution < -0.4 is 5.32 Å². The minimum atomic E-state index is 0.0755. The minimum Gasteiger partial charge on any atom is -0.382 e. The Kier molecular flexibility index (Phi) is 15.6. The van der Waals surface area contributed by atoms with E-state index in [0.29, 0.717) is 46.2 Å². The molecule has 19 heavy (non-hydrogen) atoms. The van der Waals surface area contributed by atoms with Crippen molar-refractivity contribution in [2.75, 3.05) is 73.6 Å². The highest BCUT2D eigenvalue weighted by atomic mass is 16.6. The zero-order valence-electron chi connectivity index (χ0n) is 12.5. The van der Waals surface area contributed by atoms with Gasteiger partial charge in [0, 0.05) is 20.8 Å². The smallest absolute Gasteiger partial charge is 0.0933 e. The minimum absolute atomic E-state index is 0.0755. The summed E-state index contributed by atoms with van der Waals surface area (Å²) < 4.78 is 26.3. The third-order valence-corrected chi connectivity index (χ3v) is 2.36. The SMILES string of the molecule is CCNCC(COC)OCCOCCOCCOC. The topological polar surface area (TPSA) is 58.2 Å². The van der Waals surface area contributed by atoms with Crippen LogP contribution in [-0.4, -0.2) is 79.7 Å². The fraction of sp³-hybridized carbons (Fsp3) is 1.00. The van der Waals surface area contributed by atoms with Crippen molar-refractivity contribution in [3.05, 3.63) is 0 Å². The Morgan fingerprint density at radius 2 is 1.47 bits per heavy atom. The summed E-state index contributed by atoms with van der Waals surface area (Å²) in [5.74, 6) is 0. The van der Waals surface area contributed by atoms with Gasteiger partial charge in [-0.15, -0.1) is 0 Å². The molecule has 1 N–H and O–H groups in total. The Bertz CT molecular complexity index is 171. The lowest BCUT2D eigenvalue weighted by Gasteiger charge is -2.17. The van der Waals surface area contributed by atoms with Gasteiger partial charge in [-0.3, -0.25) is 0 Å². The summed E-state index contributed by atoms with van der Waals surface area (Å²) in [6.07, 6.45) is 0.0755. The number of rotatable bonds is 15. The van der Waals surface area contributed by atoms with Crippen LogP contribution in [0.15, 0.2) is 0 Å². The molecule has 0 saturated heterocycles. The van der Waals surface area contributed by atoms with Crippen LogP contribution in [0.4, 0.5) is 0 Å². The molecular weight excluding hydrogens is 250 g/mol. The molecule has 0 aromatic carbocycles. The normalized spacial score (nSPS) is 12.8. The first-order valence-corrected chi connectivity index (χ1v) is 6.80. The van der Waals surface area contributed by atoms with Crippen molar-refractivity contribution < 1.29 is 23.7 Å². The second kappa shape index (κ2) is 15.8. The predicted octanol–water partition coefficient (Wildman–Crippen LogP) is 0.307. The highest BCUT2D eigenvalue weighted by Crippen LogP contribution is 1.92. The maximum Gasteiger partial charge on any atom is 0.0933 e. The summed E-state index contributed by atoms with van der Waals surface area (Å²) in [5.41, 5.74) is 0. The average Bonchev–Trinajstić information content (AvgIpc) is 2.42. The van der Waals surface area contributed by atoms with Crippen LogP contribution in [0.25, 0.3) is 0 Å². The molecule has 116 valence electrons. The molecule has 0 amide bonds. The predicted molar refractivity (Wildman–Crippen MR) is 73.7 cm³/mol. The first kappa shape index (κ1) is 18.8. The molecule has 0 fully saturated rings. The Hall–Kier alpha value is -0.240. The van der Waals surface area contributed by atoms with Crippen molar-refractivity contribution in [1.82, 2.24) is 5.32 Å². The monoisotopic (exact) mass is 279 g/mol. The molecule has 6 heteroatoms. The van der Waals surface area contributed by atoms with Gasteiger partial charge in [0.05, 0.1) is 52.4 Å². The Morgan fingerprint density at radius 1 is 0.842 bits per heavy atom. The first-order valence-electron chi connectivity index (χ1n) is 6.80. The van der Waals surface area contributed by atoms with Gasteiger partial charge in [-0.1, -0.05) is 6.92 Å². The van der Waals surface area contributed by atoms with Crippen LogP contribution >= 0.6 is 0 Å². The van der Waals surface area contributed by atoms with Gasteiger partial charge < -0.3 is 29.0 Å². The van der Waals surface area contributed by atoms with Crippen molar-refractivity contribution in [2.45, 2.75) is 13.0 Å². The molecule has 0 saturated carbocycles. The van der Waals surface area contributed by atoms with E-state index in [1.54, 1.807) is 14.2 Å². The quantitative estimate of drug-likeness (QED) is 0.435. The molecule has 0 bridgehead atoms. The largest absolute Gasteiger partial charge is 0.382 e. The van der Waals surface area contributed by atoms with Gasteiger partial charge in [0.15, 0.2) is 0 Å². The molecule has 0 spiro atoms. The van der Waals surface area contributed by atoms with E-state index in [9.17, 15) is 0 Å². The highest BCUT2D eigenvalue weighted by Gasteiger charge is 2.07. The summed E-state index contributed by atoms with van der Waals surface area (Å²) in [6, 6.07) is 0. The third kappa shape index (κ3) is 14.0. The average molecular weight is 279 g/mol. The molecular formula is C13H29NO5. The van der Waals surface area contributed by atoms with E-state index in [1.807, 2.05) is 0 Å². The molecule has 0 aromatic heterocycles. The van der Waals surface area contributed by atoms with Crippen LogP contribution in [-0.2, 0) is 23.7 Å². The molecule has 0 rings (SSSR count). The van der Waals surface area contributed by atoms with Gasteiger partial charge >= 0.3 is 0 Å². The second-order valence-electron chi connectivity index (χ2n) is 3.97. The molecule has 1 unspecified atom stereocenters. The number of ether oxygens (including phenoxy) is 5. The van der Waals surface area contributed by atoms with Gasteiger partial charge in [0.2, 0.25) is 0 Å².